The average molecular weight is 253 g/mol. The van der Waals surface area contributed by atoms with Crippen molar-refractivity contribution < 1.29 is 4.74 Å². The third kappa shape index (κ3) is 2.91. The van der Waals surface area contributed by atoms with Gasteiger partial charge >= 0.3 is 0 Å². The smallest absolute Gasteiger partial charge is 0.137 e. The maximum absolute atomic E-state index is 9.03. The zero-order valence-electron chi connectivity index (χ0n) is 10.3. The van der Waals surface area contributed by atoms with Gasteiger partial charge in [-0.15, -0.1) is 0 Å². The molecule has 0 aliphatic rings. The topological polar surface area (TPSA) is 59.0 Å². The maximum Gasteiger partial charge on any atom is 0.137 e. The first kappa shape index (κ1) is 13.8. The number of methoxy groups -OCH3 is 1. The fourth-order valence-corrected chi connectivity index (χ4v) is 2.08. The van der Waals surface area contributed by atoms with E-state index in [1.807, 2.05) is 19.9 Å². The highest BCUT2D eigenvalue weighted by Crippen LogP contribution is 2.32. The van der Waals surface area contributed by atoms with Crippen molar-refractivity contribution in [1.82, 2.24) is 0 Å². The highest BCUT2D eigenvalue weighted by Gasteiger charge is 2.20. The number of hydrogen-bond donors (Lipinski definition) is 1. The first-order valence-corrected chi connectivity index (χ1v) is 5.92. The van der Waals surface area contributed by atoms with Crippen molar-refractivity contribution in [1.29, 1.82) is 5.26 Å². The molecule has 0 amide bonds. The molecule has 3 nitrogen and oxygen atoms in total. The second-order valence-electron chi connectivity index (χ2n) is 4.01. The molecule has 0 radical (unpaired) electrons. The lowest BCUT2D eigenvalue weighted by molar-refractivity contribution is 0.414. The summed E-state index contributed by atoms with van der Waals surface area (Å²) in [5, 5.41) is 9.56. The molecule has 0 heterocycles. The van der Waals surface area contributed by atoms with Gasteiger partial charge in [0.15, 0.2) is 0 Å². The molecule has 2 unspecified atom stereocenters. The molecule has 2 N–H and O–H groups in total. The van der Waals surface area contributed by atoms with Crippen LogP contribution in [0, 0.1) is 24.2 Å². The summed E-state index contributed by atoms with van der Waals surface area (Å²) in [6, 6.07) is 5.56. The van der Waals surface area contributed by atoms with Crippen LogP contribution in [0.5, 0.6) is 5.75 Å². The Labute approximate surface area is 107 Å². The Hall–Kier alpha value is -1.24. The quantitative estimate of drug-likeness (QED) is 0.895. The molecular formula is C13H17ClN2O. The van der Waals surface area contributed by atoms with E-state index in [-0.39, 0.29) is 12.0 Å². The summed E-state index contributed by atoms with van der Waals surface area (Å²) in [5.41, 5.74) is 8.00. The van der Waals surface area contributed by atoms with E-state index in [2.05, 4.69) is 6.07 Å². The van der Waals surface area contributed by atoms with Gasteiger partial charge in [-0.3, -0.25) is 0 Å². The molecule has 1 aromatic rings. The number of hydrogen-bond acceptors (Lipinski definition) is 3. The first-order chi connectivity index (χ1) is 8.04. The van der Waals surface area contributed by atoms with Crippen molar-refractivity contribution in [2.45, 2.75) is 26.3 Å². The Morgan fingerprint density at radius 3 is 2.65 bits per heavy atom. The van der Waals surface area contributed by atoms with Crippen molar-refractivity contribution >= 4 is 11.6 Å². The van der Waals surface area contributed by atoms with Gasteiger partial charge in [0.1, 0.15) is 5.75 Å². The molecule has 92 valence electrons. The summed E-state index contributed by atoms with van der Waals surface area (Å²) in [6.45, 7) is 3.90. The SMILES string of the molecule is CCC(C#N)C(N)c1cc(Cl)c(OC)cc1C. The number of nitriles is 1. The second kappa shape index (κ2) is 5.90. The molecule has 0 saturated heterocycles. The molecule has 0 aliphatic heterocycles. The third-order valence-electron chi connectivity index (χ3n) is 2.94. The summed E-state index contributed by atoms with van der Waals surface area (Å²) >= 11 is 6.07. The highest BCUT2D eigenvalue weighted by molar-refractivity contribution is 6.32. The van der Waals surface area contributed by atoms with Crippen LogP contribution in [0.15, 0.2) is 12.1 Å². The molecule has 0 fully saturated rings. The Bertz CT molecular complexity index is 440. The van der Waals surface area contributed by atoms with E-state index in [0.29, 0.717) is 10.8 Å². The lowest BCUT2D eigenvalue weighted by Gasteiger charge is -2.19. The van der Waals surface area contributed by atoms with Crippen LogP contribution >= 0.6 is 11.6 Å². The lowest BCUT2D eigenvalue weighted by atomic mass is 9.90. The van der Waals surface area contributed by atoms with Crippen molar-refractivity contribution in [3.05, 3.63) is 28.3 Å². The van der Waals surface area contributed by atoms with Crippen molar-refractivity contribution in [2.75, 3.05) is 7.11 Å². The fraction of sp³-hybridized carbons (Fsp3) is 0.462. The summed E-state index contributed by atoms with van der Waals surface area (Å²) < 4.78 is 5.14. The molecular weight excluding hydrogens is 236 g/mol. The van der Waals surface area contributed by atoms with Gasteiger partial charge in [-0.2, -0.15) is 5.26 Å². The fourth-order valence-electron chi connectivity index (χ4n) is 1.83. The number of aryl methyl sites for hydroxylation is 1. The molecule has 0 aliphatic carbocycles. The maximum atomic E-state index is 9.03. The van der Waals surface area contributed by atoms with Crippen LogP contribution in [0.4, 0.5) is 0 Å². The van der Waals surface area contributed by atoms with Gasteiger partial charge in [0, 0.05) is 6.04 Å². The van der Waals surface area contributed by atoms with Crippen LogP contribution in [-0.2, 0) is 0 Å². The van der Waals surface area contributed by atoms with Gasteiger partial charge in [0.2, 0.25) is 0 Å². The van der Waals surface area contributed by atoms with E-state index in [9.17, 15) is 0 Å². The minimum absolute atomic E-state index is 0.196. The summed E-state index contributed by atoms with van der Waals surface area (Å²) in [7, 11) is 1.57. The summed E-state index contributed by atoms with van der Waals surface area (Å²) in [4.78, 5) is 0. The minimum Gasteiger partial charge on any atom is -0.495 e. The zero-order valence-corrected chi connectivity index (χ0v) is 11.1. The van der Waals surface area contributed by atoms with Gasteiger partial charge in [0.05, 0.1) is 24.1 Å². The second-order valence-corrected chi connectivity index (χ2v) is 4.42. The standard InChI is InChI=1S/C13H17ClN2O/c1-4-9(7-15)13(16)10-6-11(14)12(17-3)5-8(10)2/h5-6,9,13H,4,16H2,1-3H3. The third-order valence-corrected chi connectivity index (χ3v) is 3.23. The van der Waals surface area contributed by atoms with Crippen LogP contribution in [0.1, 0.15) is 30.5 Å². The summed E-state index contributed by atoms with van der Waals surface area (Å²) in [6.07, 6.45) is 0.723. The van der Waals surface area contributed by atoms with Gasteiger partial charge in [-0.25, -0.2) is 0 Å². The molecule has 0 saturated carbocycles. The molecule has 4 heteroatoms. The Morgan fingerprint density at radius 1 is 1.53 bits per heavy atom. The van der Waals surface area contributed by atoms with Gasteiger partial charge in [-0.05, 0) is 36.6 Å². The van der Waals surface area contributed by atoms with Crippen molar-refractivity contribution in [2.24, 2.45) is 11.7 Å². The molecule has 2 atom stereocenters. The van der Waals surface area contributed by atoms with E-state index < -0.39 is 0 Å². The van der Waals surface area contributed by atoms with Crippen LogP contribution in [-0.4, -0.2) is 7.11 Å². The van der Waals surface area contributed by atoms with Crippen molar-refractivity contribution in [3.8, 4) is 11.8 Å². The van der Waals surface area contributed by atoms with E-state index >= 15 is 0 Å². The molecule has 17 heavy (non-hydrogen) atoms. The number of benzene rings is 1. The van der Waals surface area contributed by atoms with Crippen LogP contribution in [0.3, 0.4) is 0 Å². The number of nitrogens with two attached hydrogens (primary N) is 1. The van der Waals surface area contributed by atoms with E-state index in [4.69, 9.17) is 27.3 Å². The Balaban J connectivity index is 3.15. The predicted octanol–water partition coefficient (Wildman–Crippen LogP) is 3.21. The van der Waals surface area contributed by atoms with Crippen LogP contribution < -0.4 is 10.5 Å². The van der Waals surface area contributed by atoms with Gasteiger partial charge in [-0.1, -0.05) is 18.5 Å². The number of rotatable bonds is 4. The monoisotopic (exact) mass is 252 g/mol. The van der Waals surface area contributed by atoms with E-state index in [1.165, 1.54) is 0 Å². The Kier molecular flexibility index (Phi) is 4.80. The molecule has 0 spiro atoms. The largest absolute Gasteiger partial charge is 0.495 e. The number of ether oxygens (including phenoxy) is 1. The predicted molar refractivity (Wildman–Crippen MR) is 69.1 cm³/mol. The minimum atomic E-state index is -0.312. The summed E-state index contributed by atoms with van der Waals surface area (Å²) in [5.74, 6) is 0.434. The molecule has 0 bridgehead atoms. The lowest BCUT2D eigenvalue weighted by Crippen LogP contribution is -2.20. The Morgan fingerprint density at radius 2 is 2.18 bits per heavy atom. The van der Waals surface area contributed by atoms with E-state index in [1.54, 1.807) is 13.2 Å². The number of halogens is 1. The van der Waals surface area contributed by atoms with Crippen LogP contribution in [0.25, 0.3) is 0 Å². The average Bonchev–Trinajstić information content (AvgIpc) is 2.32. The van der Waals surface area contributed by atoms with Gasteiger partial charge in [0.25, 0.3) is 0 Å². The number of nitrogens with zero attached hydrogens (tertiary/aromatic N) is 1. The van der Waals surface area contributed by atoms with E-state index in [0.717, 1.165) is 17.5 Å². The normalized spacial score (nSPS) is 13.9. The molecule has 1 rings (SSSR count). The van der Waals surface area contributed by atoms with Gasteiger partial charge < -0.3 is 10.5 Å². The highest BCUT2D eigenvalue weighted by atomic mass is 35.5. The zero-order chi connectivity index (χ0) is 13.0. The van der Waals surface area contributed by atoms with Crippen molar-refractivity contribution in [3.63, 3.8) is 0 Å². The molecule has 1 aromatic carbocycles. The van der Waals surface area contributed by atoms with Crippen LogP contribution in [0.2, 0.25) is 5.02 Å². The first-order valence-electron chi connectivity index (χ1n) is 5.54. The molecule has 0 aromatic heterocycles.